The molecular weight excluding hydrogens is 409 g/mol. The Kier molecular flexibility index (Phi) is 7.86. The molecule has 0 saturated carbocycles. The Morgan fingerprint density at radius 2 is 1.83 bits per heavy atom. The van der Waals surface area contributed by atoms with E-state index in [0.29, 0.717) is 12.6 Å². The summed E-state index contributed by atoms with van der Waals surface area (Å²) in [6.07, 6.45) is -2.53. The molecule has 1 aliphatic rings. The second-order valence-corrected chi connectivity index (χ2v) is 6.62. The van der Waals surface area contributed by atoms with Crippen LogP contribution in [-0.4, -0.2) is 52.6 Å². The minimum atomic E-state index is -4.42. The third kappa shape index (κ3) is 6.60. The van der Waals surface area contributed by atoms with Gasteiger partial charge >= 0.3 is 12.2 Å². The molecule has 2 N–H and O–H groups in total. The van der Waals surface area contributed by atoms with E-state index in [4.69, 9.17) is 4.74 Å². The van der Waals surface area contributed by atoms with Gasteiger partial charge in [0.15, 0.2) is 0 Å². The van der Waals surface area contributed by atoms with E-state index < -0.39 is 11.7 Å². The van der Waals surface area contributed by atoms with E-state index in [-0.39, 0.29) is 36.1 Å². The van der Waals surface area contributed by atoms with Crippen LogP contribution in [0.1, 0.15) is 25.3 Å². The van der Waals surface area contributed by atoms with Gasteiger partial charge in [0, 0.05) is 11.7 Å². The fraction of sp³-hybridized carbons (Fsp3) is 0.500. The van der Waals surface area contributed by atoms with Crippen molar-refractivity contribution in [1.29, 1.82) is 0 Å². The minimum absolute atomic E-state index is 0. The molecule has 7 nitrogen and oxygen atoms in total. The fourth-order valence-corrected chi connectivity index (χ4v) is 2.91. The topological polar surface area (TPSA) is 75.2 Å². The van der Waals surface area contributed by atoms with Gasteiger partial charge in [-0.25, -0.2) is 0 Å². The zero-order chi connectivity index (χ0) is 20.1. The molecule has 11 heteroatoms. The number of anilines is 3. The lowest BCUT2D eigenvalue weighted by atomic mass is 10.1. The third-order valence-corrected chi connectivity index (χ3v) is 4.39. The Balaban J connectivity index is 0.00000300. The maximum Gasteiger partial charge on any atom is 0.416 e. The molecule has 0 radical (unpaired) electrons. The van der Waals surface area contributed by atoms with Gasteiger partial charge < -0.3 is 20.3 Å². The number of nitrogens with zero attached hydrogens (tertiary/aromatic N) is 4. The van der Waals surface area contributed by atoms with Crippen LogP contribution in [-0.2, 0) is 6.18 Å². The Morgan fingerprint density at radius 3 is 2.48 bits per heavy atom. The van der Waals surface area contributed by atoms with Crippen LogP contribution in [0, 0.1) is 0 Å². The Labute approximate surface area is 173 Å². The SMILES string of the molecule is CCOc1nc(Nc2cccc(C(F)(F)F)c2)nc(NC2CCN(C)CC2)n1.Cl. The number of benzene rings is 1. The molecule has 160 valence electrons. The van der Waals surface area contributed by atoms with Crippen LogP contribution in [0.15, 0.2) is 24.3 Å². The quantitative estimate of drug-likeness (QED) is 0.715. The number of likely N-dealkylation sites (tertiary alicyclic amines) is 1. The summed E-state index contributed by atoms with van der Waals surface area (Å²) in [6.45, 7) is 4.10. The molecule has 0 atom stereocenters. The maximum atomic E-state index is 12.9. The average Bonchev–Trinajstić information content (AvgIpc) is 2.63. The van der Waals surface area contributed by atoms with Crippen LogP contribution < -0.4 is 15.4 Å². The highest BCUT2D eigenvalue weighted by Crippen LogP contribution is 2.31. The van der Waals surface area contributed by atoms with Crippen LogP contribution in [0.4, 0.5) is 30.8 Å². The number of hydrogen-bond acceptors (Lipinski definition) is 7. The van der Waals surface area contributed by atoms with Crippen molar-refractivity contribution in [2.75, 3.05) is 37.4 Å². The Morgan fingerprint density at radius 1 is 1.14 bits per heavy atom. The van der Waals surface area contributed by atoms with Gasteiger partial charge in [0.25, 0.3) is 0 Å². The lowest BCUT2D eigenvalue weighted by Crippen LogP contribution is -2.37. The summed E-state index contributed by atoms with van der Waals surface area (Å²) in [5.41, 5.74) is -0.519. The van der Waals surface area contributed by atoms with Crippen molar-refractivity contribution in [3.63, 3.8) is 0 Å². The van der Waals surface area contributed by atoms with Crippen molar-refractivity contribution in [2.45, 2.75) is 32.0 Å². The molecule has 1 aromatic carbocycles. The van der Waals surface area contributed by atoms with Gasteiger partial charge in [-0.05, 0) is 58.1 Å². The smallest absolute Gasteiger partial charge is 0.416 e. The molecule has 1 fully saturated rings. The lowest BCUT2D eigenvalue weighted by Gasteiger charge is -2.29. The zero-order valence-corrected chi connectivity index (χ0v) is 17.0. The van der Waals surface area contributed by atoms with Gasteiger partial charge in [0.1, 0.15) is 0 Å². The van der Waals surface area contributed by atoms with Gasteiger partial charge in [-0.3, -0.25) is 0 Å². The maximum absolute atomic E-state index is 12.9. The first-order chi connectivity index (χ1) is 13.3. The van der Waals surface area contributed by atoms with E-state index in [1.807, 2.05) is 0 Å². The van der Waals surface area contributed by atoms with Gasteiger partial charge in [-0.2, -0.15) is 28.1 Å². The summed E-state index contributed by atoms with van der Waals surface area (Å²) in [6, 6.07) is 5.19. The average molecular weight is 433 g/mol. The summed E-state index contributed by atoms with van der Waals surface area (Å²) >= 11 is 0. The monoisotopic (exact) mass is 432 g/mol. The number of hydrogen-bond donors (Lipinski definition) is 2. The largest absolute Gasteiger partial charge is 0.464 e. The molecule has 0 amide bonds. The normalized spacial score (nSPS) is 15.5. The van der Waals surface area contributed by atoms with Gasteiger partial charge in [0.2, 0.25) is 11.9 Å². The zero-order valence-electron chi connectivity index (χ0n) is 16.2. The van der Waals surface area contributed by atoms with E-state index in [1.54, 1.807) is 6.92 Å². The molecule has 0 bridgehead atoms. The van der Waals surface area contributed by atoms with Crippen molar-refractivity contribution in [1.82, 2.24) is 19.9 Å². The summed E-state index contributed by atoms with van der Waals surface area (Å²) in [4.78, 5) is 14.9. The molecule has 1 aliphatic heterocycles. The summed E-state index contributed by atoms with van der Waals surface area (Å²) < 4.78 is 44.1. The van der Waals surface area contributed by atoms with Crippen molar-refractivity contribution >= 4 is 30.0 Å². The first kappa shape index (κ1) is 23.0. The number of rotatable bonds is 6. The summed E-state index contributed by atoms with van der Waals surface area (Å²) in [5.74, 6) is 0.454. The standard InChI is InChI=1S/C18H23F3N6O.ClH/c1-3-28-17-25-15(22-13-7-9-27(2)10-8-13)24-16(26-17)23-14-6-4-5-12(11-14)18(19,20)21;/h4-6,11,13H,3,7-10H2,1-2H3,(H2,22,23,24,25,26);1H. The van der Waals surface area contributed by atoms with E-state index in [1.165, 1.54) is 12.1 Å². The van der Waals surface area contributed by atoms with E-state index in [0.717, 1.165) is 38.1 Å². The van der Waals surface area contributed by atoms with Crippen LogP contribution in [0.2, 0.25) is 0 Å². The predicted octanol–water partition coefficient (Wildman–Crippen LogP) is 3.96. The van der Waals surface area contributed by atoms with Gasteiger partial charge in [-0.1, -0.05) is 6.07 Å². The molecule has 1 saturated heterocycles. The van der Waals surface area contributed by atoms with E-state index in [2.05, 4.69) is 37.5 Å². The van der Waals surface area contributed by atoms with E-state index in [9.17, 15) is 13.2 Å². The highest BCUT2D eigenvalue weighted by atomic mass is 35.5. The molecule has 0 spiro atoms. The molecule has 29 heavy (non-hydrogen) atoms. The molecular formula is C18H24ClF3N6O. The molecule has 2 aromatic rings. The Bertz CT molecular complexity index is 799. The minimum Gasteiger partial charge on any atom is -0.464 e. The molecule has 1 aromatic heterocycles. The summed E-state index contributed by atoms with van der Waals surface area (Å²) in [5, 5.41) is 6.08. The highest BCUT2D eigenvalue weighted by Gasteiger charge is 2.30. The van der Waals surface area contributed by atoms with Crippen LogP contribution in [0.5, 0.6) is 6.01 Å². The van der Waals surface area contributed by atoms with E-state index >= 15 is 0 Å². The second-order valence-electron chi connectivity index (χ2n) is 6.62. The second kappa shape index (κ2) is 9.93. The van der Waals surface area contributed by atoms with Crippen molar-refractivity contribution in [2.24, 2.45) is 0 Å². The number of aromatic nitrogens is 3. The van der Waals surface area contributed by atoms with Crippen molar-refractivity contribution in [3.05, 3.63) is 29.8 Å². The third-order valence-electron chi connectivity index (χ3n) is 4.39. The van der Waals surface area contributed by atoms with Crippen LogP contribution in [0.25, 0.3) is 0 Å². The highest BCUT2D eigenvalue weighted by molar-refractivity contribution is 5.85. The molecule has 2 heterocycles. The number of halogens is 4. The fourth-order valence-electron chi connectivity index (χ4n) is 2.91. The molecule has 0 aliphatic carbocycles. The first-order valence-electron chi connectivity index (χ1n) is 9.11. The summed E-state index contributed by atoms with van der Waals surface area (Å²) in [7, 11) is 2.07. The number of nitrogens with one attached hydrogen (secondary N) is 2. The van der Waals surface area contributed by atoms with Gasteiger partial charge in [0.05, 0.1) is 12.2 Å². The Hall–Kier alpha value is -2.33. The molecule has 0 unspecified atom stereocenters. The van der Waals surface area contributed by atoms with Crippen molar-refractivity contribution in [3.8, 4) is 6.01 Å². The van der Waals surface area contributed by atoms with Crippen molar-refractivity contribution < 1.29 is 17.9 Å². The predicted molar refractivity (Wildman–Crippen MR) is 107 cm³/mol. The van der Waals surface area contributed by atoms with Crippen LogP contribution in [0.3, 0.4) is 0 Å². The molecule has 3 rings (SSSR count). The lowest BCUT2D eigenvalue weighted by molar-refractivity contribution is -0.137. The van der Waals surface area contributed by atoms with Gasteiger partial charge in [-0.15, -0.1) is 12.4 Å². The number of ether oxygens (including phenoxy) is 1. The van der Waals surface area contributed by atoms with Crippen LogP contribution >= 0.6 is 12.4 Å². The first-order valence-corrected chi connectivity index (χ1v) is 9.11. The number of piperidine rings is 1. The number of alkyl halides is 3.